The average molecular weight is 291 g/mol. The number of nitrogens with one attached hydrogen (secondary N) is 1. The van der Waals surface area contributed by atoms with Crippen molar-refractivity contribution in [2.75, 3.05) is 12.4 Å². The van der Waals surface area contributed by atoms with Crippen molar-refractivity contribution in [1.82, 2.24) is 9.97 Å². The molecule has 0 aliphatic carbocycles. The van der Waals surface area contributed by atoms with E-state index in [9.17, 15) is 4.39 Å². The second-order valence-corrected chi connectivity index (χ2v) is 5.40. The maximum Gasteiger partial charge on any atom is 0.141 e. The van der Waals surface area contributed by atoms with Crippen molar-refractivity contribution in [3.05, 3.63) is 47.7 Å². The van der Waals surface area contributed by atoms with Crippen LogP contribution < -0.4 is 5.32 Å². The second kappa shape index (κ2) is 7.24. The van der Waals surface area contributed by atoms with Crippen molar-refractivity contribution in [1.29, 1.82) is 0 Å². The third-order valence-electron chi connectivity index (χ3n) is 2.78. The first-order chi connectivity index (χ1) is 9.72. The zero-order valence-corrected chi connectivity index (χ0v) is 12.5. The van der Waals surface area contributed by atoms with Crippen LogP contribution in [-0.2, 0) is 12.2 Å². The summed E-state index contributed by atoms with van der Waals surface area (Å²) in [6, 6.07) is 8.72. The zero-order valence-electron chi connectivity index (χ0n) is 11.7. The molecule has 1 aromatic heterocycles. The van der Waals surface area contributed by atoms with Gasteiger partial charge < -0.3 is 5.32 Å². The Morgan fingerprint density at radius 1 is 1.25 bits per heavy atom. The van der Waals surface area contributed by atoms with Crippen LogP contribution in [0.2, 0.25) is 0 Å². The Kier molecular flexibility index (Phi) is 5.35. The van der Waals surface area contributed by atoms with Gasteiger partial charge in [0.05, 0.1) is 5.75 Å². The van der Waals surface area contributed by atoms with Gasteiger partial charge in [-0.2, -0.15) is 0 Å². The third-order valence-corrected chi connectivity index (χ3v) is 3.83. The van der Waals surface area contributed by atoms with Gasteiger partial charge in [0, 0.05) is 23.7 Å². The fraction of sp³-hybridized carbons (Fsp3) is 0.333. The number of anilines is 1. The van der Waals surface area contributed by atoms with Gasteiger partial charge in [0.1, 0.15) is 17.5 Å². The molecule has 1 heterocycles. The third kappa shape index (κ3) is 3.93. The van der Waals surface area contributed by atoms with Crippen LogP contribution in [0.1, 0.15) is 24.9 Å². The van der Waals surface area contributed by atoms with Gasteiger partial charge in [0.25, 0.3) is 0 Å². The summed E-state index contributed by atoms with van der Waals surface area (Å²) in [4.78, 5) is 9.56. The second-order valence-electron chi connectivity index (χ2n) is 4.38. The minimum atomic E-state index is -0.198. The minimum Gasteiger partial charge on any atom is -0.373 e. The molecule has 0 unspecified atom stereocenters. The van der Waals surface area contributed by atoms with E-state index in [2.05, 4.69) is 22.2 Å². The van der Waals surface area contributed by atoms with Crippen LogP contribution in [0.5, 0.6) is 0 Å². The number of hydrogen-bond donors (Lipinski definition) is 1. The number of benzene rings is 1. The van der Waals surface area contributed by atoms with Crippen molar-refractivity contribution < 1.29 is 4.39 Å². The number of rotatable bonds is 6. The van der Waals surface area contributed by atoms with E-state index in [0.29, 0.717) is 10.6 Å². The molecule has 0 aliphatic heterocycles. The fourth-order valence-electron chi connectivity index (χ4n) is 1.83. The highest BCUT2D eigenvalue weighted by molar-refractivity contribution is 7.98. The Morgan fingerprint density at radius 2 is 2.05 bits per heavy atom. The molecule has 1 N–H and O–H groups in total. The molecule has 0 fully saturated rings. The number of aryl methyl sites for hydroxylation is 1. The molecule has 0 amide bonds. The lowest BCUT2D eigenvalue weighted by atomic mass is 10.2. The van der Waals surface area contributed by atoms with E-state index >= 15 is 0 Å². The van der Waals surface area contributed by atoms with Gasteiger partial charge in [-0.1, -0.05) is 25.5 Å². The fourth-order valence-corrected chi connectivity index (χ4v) is 2.63. The minimum absolute atomic E-state index is 0.198. The Bertz CT molecular complexity index is 575. The predicted molar refractivity (Wildman–Crippen MR) is 81.5 cm³/mol. The first kappa shape index (κ1) is 14.8. The molecule has 106 valence electrons. The molecular weight excluding hydrogens is 273 g/mol. The standard InChI is InChI=1S/C15H18FN3S/c1-3-6-11-9-14(17-2)19-15(18-11)10-20-13-8-5-4-7-12(13)16/h4-5,7-9H,3,6,10H2,1-2H3,(H,17,18,19). The summed E-state index contributed by atoms with van der Waals surface area (Å²) < 4.78 is 13.6. The molecule has 0 spiro atoms. The number of hydrogen-bond acceptors (Lipinski definition) is 4. The maximum absolute atomic E-state index is 13.6. The molecule has 2 aromatic rings. The molecule has 0 aliphatic rings. The normalized spacial score (nSPS) is 10.6. The maximum atomic E-state index is 13.6. The van der Waals surface area contributed by atoms with Crippen LogP contribution in [-0.4, -0.2) is 17.0 Å². The number of thioether (sulfide) groups is 1. The van der Waals surface area contributed by atoms with E-state index in [-0.39, 0.29) is 5.82 Å². The predicted octanol–water partition coefficient (Wildman–Crippen LogP) is 3.90. The Morgan fingerprint density at radius 3 is 2.75 bits per heavy atom. The van der Waals surface area contributed by atoms with Crippen LogP contribution in [0.25, 0.3) is 0 Å². The molecule has 1 aromatic carbocycles. The summed E-state index contributed by atoms with van der Waals surface area (Å²) in [6.07, 6.45) is 1.97. The van der Waals surface area contributed by atoms with Gasteiger partial charge >= 0.3 is 0 Å². The number of halogens is 1. The highest BCUT2D eigenvalue weighted by atomic mass is 32.2. The summed E-state index contributed by atoms with van der Waals surface area (Å²) >= 11 is 1.42. The molecule has 0 saturated heterocycles. The molecule has 3 nitrogen and oxygen atoms in total. The molecule has 0 bridgehead atoms. The van der Waals surface area contributed by atoms with E-state index in [1.54, 1.807) is 12.1 Å². The Labute approximate surface area is 123 Å². The first-order valence-electron chi connectivity index (χ1n) is 6.65. The van der Waals surface area contributed by atoms with E-state index < -0.39 is 0 Å². The SMILES string of the molecule is CCCc1cc(NC)nc(CSc2ccccc2F)n1. The van der Waals surface area contributed by atoms with Crippen molar-refractivity contribution in [2.45, 2.75) is 30.4 Å². The van der Waals surface area contributed by atoms with Crippen LogP contribution >= 0.6 is 11.8 Å². The van der Waals surface area contributed by atoms with Crippen molar-refractivity contribution in [2.24, 2.45) is 0 Å². The molecule has 0 atom stereocenters. The molecule has 0 radical (unpaired) electrons. The summed E-state index contributed by atoms with van der Waals surface area (Å²) in [5.74, 6) is 1.91. The lowest BCUT2D eigenvalue weighted by molar-refractivity contribution is 0.602. The molecular formula is C15H18FN3S. The quantitative estimate of drug-likeness (QED) is 0.819. The monoisotopic (exact) mass is 291 g/mol. The highest BCUT2D eigenvalue weighted by Gasteiger charge is 2.06. The van der Waals surface area contributed by atoms with Crippen LogP contribution in [0.15, 0.2) is 35.2 Å². The first-order valence-corrected chi connectivity index (χ1v) is 7.63. The van der Waals surface area contributed by atoms with E-state index in [1.165, 1.54) is 17.8 Å². The molecule has 5 heteroatoms. The average Bonchev–Trinajstić information content (AvgIpc) is 2.46. The lowest BCUT2D eigenvalue weighted by Crippen LogP contribution is -2.03. The Balaban J connectivity index is 2.12. The van der Waals surface area contributed by atoms with E-state index in [4.69, 9.17) is 0 Å². The van der Waals surface area contributed by atoms with Gasteiger partial charge in [-0.05, 0) is 18.6 Å². The summed E-state index contributed by atoms with van der Waals surface area (Å²) in [5, 5.41) is 3.04. The largest absolute Gasteiger partial charge is 0.373 e. The smallest absolute Gasteiger partial charge is 0.141 e. The van der Waals surface area contributed by atoms with Crippen molar-refractivity contribution >= 4 is 17.6 Å². The van der Waals surface area contributed by atoms with Gasteiger partial charge in [-0.25, -0.2) is 14.4 Å². The lowest BCUT2D eigenvalue weighted by Gasteiger charge is -2.07. The highest BCUT2D eigenvalue weighted by Crippen LogP contribution is 2.24. The topological polar surface area (TPSA) is 37.8 Å². The van der Waals surface area contributed by atoms with Crippen LogP contribution in [0.3, 0.4) is 0 Å². The van der Waals surface area contributed by atoms with E-state index in [1.807, 2.05) is 19.2 Å². The van der Waals surface area contributed by atoms with Crippen LogP contribution in [0, 0.1) is 5.82 Å². The zero-order chi connectivity index (χ0) is 14.4. The molecule has 2 rings (SSSR count). The van der Waals surface area contributed by atoms with E-state index in [0.717, 1.165) is 30.2 Å². The van der Waals surface area contributed by atoms with Crippen molar-refractivity contribution in [3.63, 3.8) is 0 Å². The summed E-state index contributed by atoms with van der Waals surface area (Å²) in [7, 11) is 1.84. The van der Waals surface area contributed by atoms with Crippen LogP contribution in [0.4, 0.5) is 10.2 Å². The van der Waals surface area contributed by atoms with Gasteiger partial charge in [-0.3, -0.25) is 0 Å². The van der Waals surface area contributed by atoms with Gasteiger partial charge in [0.2, 0.25) is 0 Å². The van der Waals surface area contributed by atoms with Crippen molar-refractivity contribution in [3.8, 4) is 0 Å². The molecule has 20 heavy (non-hydrogen) atoms. The number of nitrogens with zero attached hydrogens (tertiary/aromatic N) is 2. The van der Waals surface area contributed by atoms with Gasteiger partial charge in [-0.15, -0.1) is 11.8 Å². The molecule has 0 saturated carbocycles. The Hall–Kier alpha value is -1.62. The van der Waals surface area contributed by atoms with Gasteiger partial charge in [0.15, 0.2) is 0 Å². The number of aromatic nitrogens is 2. The summed E-state index contributed by atoms with van der Waals surface area (Å²) in [6.45, 7) is 2.12. The summed E-state index contributed by atoms with van der Waals surface area (Å²) in [5.41, 5.74) is 1.02.